The molecule has 2 aromatic carbocycles. The van der Waals surface area contributed by atoms with E-state index in [9.17, 15) is 37.0 Å². The van der Waals surface area contributed by atoms with Crippen molar-refractivity contribution >= 4 is 33.5 Å². The fourth-order valence-corrected chi connectivity index (χ4v) is 5.59. The van der Waals surface area contributed by atoms with Gasteiger partial charge in [-0.15, -0.1) is 0 Å². The zero-order chi connectivity index (χ0) is 28.9. The molecule has 1 atom stereocenters. The normalized spacial score (nSPS) is 16.9. The molecule has 2 heterocycles. The molecule has 1 amide bonds. The second-order valence-corrected chi connectivity index (χ2v) is 11.1. The number of piperidine rings is 1. The Hall–Kier alpha value is -3.98. The number of aromatic hydroxyl groups is 1. The lowest BCUT2D eigenvalue weighted by molar-refractivity contribution is -0.138. The highest BCUT2D eigenvalue weighted by Gasteiger charge is 2.29. The third kappa shape index (κ3) is 6.96. The van der Waals surface area contributed by atoms with Crippen molar-refractivity contribution in [1.29, 1.82) is 0 Å². The predicted molar refractivity (Wildman–Crippen MR) is 142 cm³/mol. The predicted octanol–water partition coefficient (Wildman–Crippen LogP) is 0.740. The molecule has 40 heavy (non-hydrogen) atoms. The molecule has 1 fully saturated rings. The Labute approximate surface area is 229 Å². The Bertz CT molecular complexity index is 1380. The van der Waals surface area contributed by atoms with Gasteiger partial charge < -0.3 is 31.1 Å². The first-order valence-corrected chi connectivity index (χ1v) is 14.1. The van der Waals surface area contributed by atoms with Crippen LogP contribution in [0, 0.1) is 11.6 Å². The van der Waals surface area contributed by atoms with E-state index in [1.165, 1.54) is 6.07 Å². The molecule has 0 spiro atoms. The highest BCUT2D eigenvalue weighted by Crippen LogP contribution is 2.27. The third-order valence-corrected chi connectivity index (χ3v) is 8.08. The summed E-state index contributed by atoms with van der Waals surface area (Å²) >= 11 is 0. The number of sulfonamides is 1. The van der Waals surface area contributed by atoms with Crippen LogP contribution in [0.1, 0.15) is 29.6 Å². The molecule has 4 rings (SSSR count). The van der Waals surface area contributed by atoms with Crippen LogP contribution >= 0.6 is 0 Å². The van der Waals surface area contributed by atoms with Crippen LogP contribution in [0.15, 0.2) is 46.3 Å². The molecular weight excluding hydrogens is 550 g/mol. The minimum Gasteiger partial charge on any atom is -0.508 e. The largest absolute Gasteiger partial charge is 0.508 e. The first kappa shape index (κ1) is 29.0. The second kappa shape index (κ2) is 12.5. The van der Waals surface area contributed by atoms with E-state index >= 15 is 0 Å². The highest BCUT2D eigenvalue weighted by molar-refractivity contribution is 7.89. The van der Waals surface area contributed by atoms with Gasteiger partial charge in [-0.05, 0) is 55.7 Å². The Morgan fingerprint density at radius 2 is 1.80 bits per heavy atom. The van der Waals surface area contributed by atoms with Crippen LogP contribution in [0.4, 0.5) is 14.5 Å². The zero-order valence-corrected chi connectivity index (χ0v) is 22.2. The second-order valence-electron chi connectivity index (χ2n) is 9.39. The summed E-state index contributed by atoms with van der Waals surface area (Å²) in [6, 6.07) is 5.06. The summed E-state index contributed by atoms with van der Waals surface area (Å²) in [5.74, 6) is -4.76. The van der Waals surface area contributed by atoms with Gasteiger partial charge >= 0.3 is 5.97 Å². The smallest absolute Gasteiger partial charge is 0.323 e. The van der Waals surface area contributed by atoms with E-state index in [0.717, 1.165) is 55.8 Å². The number of carboxylic acid groups (broad SMARTS) is 1. The minimum absolute atomic E-state index is 0.00528. The fraction of sp³-hybridized carbons (Fsp3) is 0.400. The van der Waals surface area contributed by atoms with Gasteiger partial charge in [0.1, 0.15) is 11.8 Å². The van der Waals surface area contributed by atoms with Crippen LogP contribution in [0.5, 0.6) is 5.75 Å². The van der Waals surface area contributed by atoms with Gasteiger partial charge in [-0.2, -0.15) is 4.72 Å². The lowest BCUT2D eigenvalue weighted by Crippen LogP contribution is -2.50. The molecule has 1 saturated heterocycles. The van der Waals surface area contributed by atoms with Crippen LogP contribution in [-0.4, -0.2) is 81.3 Å². The number of amides is 1. The van der Waals surface area contributed by atoms with E-state index in [2.05, 4.69) is 20.9 Å². The SMILES string of the molecule is O=C(NCC(NS(=O)(=O)c1ccc(O)cc1)C(=O)O)c1ccc(N2CCC(NC3=NCCCN3)CC2)c(F)c1F. The van der Waals surface area contributed by atoms with Gasteiger partial charge in [0.25, 0.3) is 5.91 Å². The monoisotopic (exact) mass is 580 g/mol. The molecule has 216 valence electrons. The summed E-state index contributed by atoms with van der Waals surface area (Å²) in [5.41, 5.74) is -0.643. The summed E-state index contributed by atoms with van der Waals surface area (Å²) in [4.78, 5) is 30.0. The summed E-state index contributed by atoms with van der Waals surface area (Å²) in [7, 11) is -4.33. The summed E-state index contributed by atoms with van der Waals surface area (Å²) in [6.07, 6.45) is 2.31. The fourth-order valence-electron chi connectivity index (χ4n) is 4.40. The van der Waals surface area contributed by atoms with Crippen molar-refractivity contribution in [3.05, 3.63) is 53.6 Å². The molecule has 2 aromatic rings. The number of phenolic OH excluding ortho intramolecular Hbond substituents is 1. The molecule has 0 bridgehead atoms. The third-order valence-electron chi connectivity index (χ3n) is 6.59. The number of halogens is 2. The molecule has 2 aliphatic rings. The number of hydrogen-bond donors (Lipinski definition) is 6. The van der Waals surface area contributed by atoms with Crippen LogP contribution in [0.25, 0.3) is 0 Å². The quantitative estimate of drug-likeness (QED) is 0.250. The number of benzene rings is 2. The maximum absolute atomic E-state index is 15.0. The lowest BCUT2D eigenvalue weighted by atomic mass is 10.0. The Balaban J connectivity index is 1.36. The van der Waals surface area contributed by atoms with Gasteiger partial charge in [0.2, 0.25) is 10.0 Å². The van der Waals surface area contributed by atoms with Crippen LogP contribution < -0.4 is 25.6 Å². The van der Waals surface area contributed by atoms with Crippen molar-refractivity contribution in [2.24, 2.45) is 4.99 Å². The van der Waals surface area contributed by atoms with Crippen molar-refractivity contribution in [3.8, 4) is 5.75 Å². The van der Waals surface area contributed by atoms with Gasteiger partial charge in [-0.25, -0.2) is 17.2 Å². The number of carboxylic acids is 1. The molecule has 15 heteroatoms. The average molecular weight is 581 g/mol. The Kier molecular flexibility index (Phi) is 9.04. The maximum Gasteiger partial charge on any atom is 0.323 e. The standard InChI is InChI=1S/C25H30F2N6O6S/c26-21-18(23(35)30-14-19(24(36)37)32-40(38,39)17-4-2-16(34)3-5-17)6-7-20(22(21)27)33-12-8-15(9-13-33)31-25-28-10-1-11-29-25/h2-7,15,19,32,34H,1,8-14H2,(H,30,35)(H,36,37)(H2,28,29,31). The zero-order valence-electron chi connectivity index (χ0n) is 21.4. The van der Waals surface area contributed by atoms with Crippen molar-refractivity contribution in [2.45, 2.75) is 36.2 Å². The topological polar surface area (TPSA) is 172 Å². The number of carbonyl (C=O) groups is 2. The summed E-state index contributed by atoms with van der Waals surface area (Å²) in [6.45, 7) is 1.77. The molecule has 2 aliphatic heterocycles. The maximum atomic E-state index is 15.0. The number of nitrogens with one attached hydrogen (secondary N) is 4. The molecule has 0 aliphatic carbocycles. The molecular formula is C25H30F2N6O6S. The van der Waals surface area contributed by atoms with Gasteiger partial charge in [-0.1, -0.05) is 0 Å². The van der Waals surface area contributed by atoms with Crippen molar-refractivity contribution in [3.63, 3.8) is 0 Å². The Morgan fingerprint density at radius 3 is 2.42 bits per heavy atom. The first-order chi connectivity index (χ1) is 19.0. The first-order valence-electron chi connectivity index (χ1n) is 12.7. The van der Waals surface area contributed by atoms with Crippen molar-refractivity contribution in [1.82, 2.24) is 20.7 Å². The van der Waals surface area contributed by atoms with Gasteiger partial charge in [-0.3, -0.25) is 14.6 Å². The van der Waals surface area contributed by atoms with Crippen LogP contribution in [0.2, 0.25) is 0 Å². The molecule has 0 radical (unpaired) electrons. The number of aliphatic imine (C=N–C) groups is 1. The number of carbonyl (C=O) groups excluding carboxylic acids is 1. The van der Waals surface area contributed by atoms with E-state index in [-0.39, 0.29) is 22.4 Å². The highest BCUT2D eigenvalue weighted by atomic mass is 32.2. The number of nitrogens with zero attached hydrogens (tertiary/aromatic N) is 2. The van der Waals surface area contributed by atoms with E-state index in [1.807, 2.05) is 4.72 Å². The van der Waals surface area contributed by atoms with Gasteiger partial charge in [0.15, 0.2) is 17.6 Å². The van der Waals surface area contributed by atoms with Gasteiger partial charge in [0, 0.05) is 38.8 Å². The summed E-state index contributed by atoms with van der Waals surface area (Å²) < 4.78 is 56.8. The van der Waals surface area contributed by atoms with Crippen LogP contribution in [0.3, 0.4) is 0 Å². The van der Waals surface area contributed by atoms with Crippen LogP contribution in [-0.2, 0) is 14.8 Å². The number of guanidine groups is 1. The number of hydrogen-bond acceptors (Lipinski definition) is 9. The molecule has 1 unspecified atom stereocenters. The number of phenols is 1. The van der Waals surface area contributed by atoms with E-state index in [4.69, 9.17) is 0 Å². The lowest BCUT2D eigenvalue weighted by Gasteiger charge is -2.35. The molecule has 0 aromatic heterocycles. The number of aliphatic carboxylic acids is 1. The average Bonchev–Trinajstić information content (AvgIpc) is 2.93. The van der Waals surface area contributed by atoms with Crippen molar-refractivity contribution in [2.75, 3.05) is 37.6 Å². The molecule has 12 nitrogen and oxygen atoms in total. The van der Waals surface area contributed by atoms with Crippen molar-refractivity contribution < 1.29 is 37.0 Å². The number of anilines is 1. The van der Waals surface area contributed by atoms with Gasteiger partial charge in [0.05, 0.1) is 16.1 Å². The minimum atomic E-state index is -4.33. The number of rotatable bonds is 9. The molecule has 6 N–H and O–H groups in total. The van der Waals surface area contributed by atoms with E-state index < -0.39 is 51.7 Å². The van der Waals surface area contributed by atoms with E-state index in [0.29, 0.717) is 25.9 Å². The van der Waals surface area contributed by atoms with E-state index in [1.54, 1.807) is 4.90 Å². The Morgan fingerprint density at radius 1 is 1.10 bits per heavy atom. The summed E-state index contributed by atoms with van der Waals surface area (Å²) in [5, 5.41) is 27.4. The molecule has 0 saturated carbocycles.